The Hall–Kier alpha value is -2.54. The Morgan fingerprint density at radius 3 is 2.79 bits per heavy atom. The third kappa shape index (κ3) is 1.55. The first-order valence-electron chi connectivity index (χ1n) is 5.63. The van der Waals surface area contributed by atoms with Crippen molar-refractivity contribution in [2.24, 2.45) is 5.73 Å². The van der Waals surface area contributed by atoms with Crippen LogP contribution in [0.25, 0.3) is 16.6 Å². The molecule has 0 fully saturated rings. The maximum atomic E-state index is 11.3. The van der Waals surface area contributed by atoms with Gasteiger partial charge in [0.2, 0.25) is 5.71 Å². The fourth-order valence-corrected chi connectivity index (χ4v) is 2.17. The van der Waals surface area contributed by atoms with Crippen molar-refractivity contribution in [2.45, 2.75) is 6.42 Å². The molecule has 2 heterocycles. The number of aromatic nitrogens is 1. The van der Waals surface area contributed by atoms with Crippen molar-refractivity contribution in [3.63, 3.8) is 0 Å². The minimum absolute atomic E-state index is 0.00921. The second-order valence-electron chi connectivity index (χ2n) is 4.06. The number of phenols is 1. The van der Waals surface area contributed by atoms with Crippen LogP contribution in [0.2, 0.25) is 0 Å². The highest BCUT2D eigenvalue weighted by Crippen LogP contribution is 2.32. The van der Waals surface area contributed by atoms with E-state index in [0.29, 0.717) is 29.4 Å². The maximum absolute atomic E-state index is 11.3. The average molecular weight is 262 g/mol. The lowest BCUT2D eigenvalue weighted by molar-refractivity contribution is 0.286. The van der Waals surface area contributed by atoms with Crippen LogP contribution in [-0.2, 0) is 6.42 Å². The predicted octanol–water partition coefficient (Wildman–Crippen LogP) is 0.206. The van der Waals surface area contributed by atoms with Gasteiger partial charge in [0.05, 0.1) is 10.9 Å². The number of hydrogen-bond donors (Lipinski definition) is 2. The topological polar surface area (TPSA) is 111 Å². The van der Waals surface area contributed by atoms with Crippen LogP contribution in [0.1, 0.15) is 5.56 Å². The summed E-state index contributed by atoms with van der Waals surface area (Å²) < 4.78 is 10.9. The van der Waals surface area contributed by atoms with Crippen molar-refractivity contribution in [3.05, 3.63) is 44.6 Å². The summed E-state index contributed by atoms with van der Waals surface area (Å²) >= 11 is 0. The van der Waals surface area contributed by atoms with Gasteiger partial charge in [-0.3, -0.25) is 0 Å². The average Bonchev–Trinajstić information content (AvgIpc) is 2.67. The highest BCUT2D eigenvalue weighted by Gasteiger charge is 2.19. The van der Waals surface area contributed by atoms with Crippen LogP contribution in [0.4, 0.5) is 0 Å². The molecular formula is C12H10N2O5. The summed E-state index contributed by atoms with van der Waals surface area (Å²) in [6.45, 7) is 0.298. The largest absolute Gasteiger partial charge is 0.507 e. The molecule has 2 aromatic heterocycles. The molecule has 0 spiro atoms. The van der Waals surface area contributed by atoms with E-state index in [1.54, 1.807) is 12.1 Å². The van der Waals surface area contributed by atoms with E-state index in [4.69, 9.17) is 14.7 Å². The summed E-state index contributed by atoms with van der Waals surface area (Å²) in [5.41, 5.74) is 4.39. The van der Waals surface area contributed by atoms with Crippen LogP contribution in [0, 0.1) is 0 Å². The fourth-order valence-electron chi connectivity index (χ4n) is 2.17. The molecule has 19 heavy (non-hydrogen) atoms. The SMILES string of the molecule is NCCc1c2c(O)cccc2n2oc(=O)c(=O)oc12. The monoisotopic (exact) mass is 262 g/mol. The van der Waals surface area contributed by atoms with Crippen molar-refractivity contribution in [1.82, 2.24) is 4.57 Å². The number of rotatable bonds is 2. The molecule has 0 amide bonds. The van der Waals surface area contributed by atoms with Gasteiger partial charge < -0.3 is 19.8 Å². The molecule has 0 bridgehead atoms. The normalized spacial score (nSPS) is 11.4. The van der Waals surface area contributed by atoms with Crippen LogP contribution >= 0.6 is 0 Å². The molecule has 0 saturated carbocycles. The van der Waals surface area contributed by atoms with Gasteiger partial charge in [-0.15, -0.1) is 4.57 Å². The summed E-state index contributed by atoms with van der Waals surface area (Å²) in [4.78, 5) is 22.5. The first-order valence-corrected chi connectivity index (χ1v) is 5.63. The zero-order chi connectivity index (χ0) is 13.6. The Morgan fingerprint density at radius 2 is 2.05 bits per heavy atom. The van der Waals surface area contributed by atoms with E-state index in [1.807, 2.05) is 0 Å². The van der Waals surface area contributed by atoms with Gasteiger partial charge in [0.1, 0.15) is 5.75 Å². The summed E-state index contributed by atoms with van der Waals surface area (Å²) in [5.74, 6) is 0.00921. The number of phenolic OH excluding ortho intramolecular Hbond substituents is 1. The van der Waals surface area contributed by atoms with E-state index in [-0.39, 0.29) is 11.5 Å². The number of fused-ring (bicyclic) bond motifs is 3. The second kappa shape index (κ2) is 3.99. The minimum atomic E-state index is -1.10. The van der Waals surface area contributed by atoms with Gasteiger partial charge in [-0.25, -0.2) is 9.59 Å². The molecule has 3 rings (SSSR count). The van der Waals surface area contributed by atoms with Gasteiger partial charge in [-0.1, -0.05) is 6.07 Å². The standard InChI is InChI=1S/C12H10N2O5/c13-5-4-6-9-7(2-1-3-8(9)15)14-10(6)18-11(16)12(17)19-14/h1-3,15H,4-5,13H2. The third-order valence-electron chi connectivity index (χ3n) is 2.91. The van der Waals surface area contributed by atoms with E-state index in [0.717, 1.165) is 4.57 Å². The lowest BCUT2D eigenvalue weighted by atomic mass is 10.1. The number of hydrogen-bond acceptors (Lipinski definition) is 6. The van der Waals surface area contributed by atoms with Crippen molar-refractivity contribution in [2.75, 3.05) is 6.54 Å². The smallest absolute Gasteiger partial charge is 0.442 e. The van der Waals surface area contributed by atoms with Gasteiger partial charge in [0.25, 0.3) is 0 Å². The zero-order valence-corrected chi connectivity index (χ0v) is 9.75. The summed E-state index contributed by atoms with van der Waals surface area (Å²) in [6, 6.07) is 4.74. The minimum Gasteiger partial charge on any atom is -0.507 e. The second-order valence-corrected chi connectivity index (χ2v) is 4.06. The summed E-state index contributed by atoms with van der Waals surface area (Å²) in [6.07, 6.45) is 0.376. The number of nitrogens with two attached hydrogens (primary N) is 1. The Kier molecular flexibility index (Phi) is 2.42. The molecular weight excluding hydrogens is 252 g/mol. The molecule has 0 unspecified atom stereocenters. The lowest BCUT2D eigenvalue weighted by Crippen LogP contribution is -2.23. The molecule has 0 aliphatic carbocycles. The Bertz CT molecular complexity index is 887. The van der Waals surface area contributed by atoms with Gasteiger partial charge in [-0.2, -0.15) is 0 Å². The molecule has 0 atom stereocenters. The number of aromatic hydroxyl groups is 1. The van der Waals surface area contributed by atoms with E-state index < -0.39 is 11.3 Å². The molecule has 3 N–H and O–H groups in total. The highest BCUT2D eigenvalue weighted by molar-refractivity contribution is 5.94. The van der Waals surface area contributed by atoms with E-state index in [9.17, 15) is 14.7 Å². The van der Waals surface area contributed by atoms with Crippen LogP contribution in [0.5, 0.6) is 5.75 Å². The third-order valence-corrected chi connectivity index (χ3v) is 2.91. The van der Waals surface area contributed by atoms with Crippen molar-refractivity contribution in [3.8, 4) is 5.75 Å². The fraction of sp³-hybridized carbons (Fsp3) is 0.167. The predicted molar refractivity (Wildman–Crippen MR) is 66.4 cm³/mol. The van der Waals surface area contributed by atoms with Crippen LogP contribution in [0.15, 0.2) is 36.7 Å². The molecule has 3 aromatic rings. The maximum Gasteiger partial charge on any atom is 0.442 e. The van der Waals surface area contributed by atoms with Gasteiger partial charge in [0, 0.05) is 5.56 Å². The molecule has 0 aliphatic heterocycles. The Labute approximate surface area is 105 Å². The van der Waals surface area contributed by atoms with Crippen LogP contribution in [-0.4, -0.2) is 16.2 Å². The molecule has 0 aliphatic rings. The van der Waals surface area contributed by atoms with Gasteiger partial charge >= 0.3 is 11.3 Å². The Balaban J connectivity index is 2.61. The van der Waals surface area contributed by atoms with Crippen molar-refractivity contribution in [1.29, 1.82) is 0 Å². The molecule has 0 saturated heterocycles. The van der Waals surface area contributed by atoms with E-state index in [2.05, 4.69) is 0 Å². The Morgan fingerprint density at radius 1 is 1.26 bits per heavy atom. The first kappa shape index (κ1) is 11.5. The summed E-state index contributed by atoms with van der Waals surface area (Å²) in [5, 5.41) is 10.4. The van der Waals surface area contributed by atoms with E-state index >= 15 is 0 Å². The zero-order valence-electron chi connectivity index (χ0n) is 9.75. The quantitative estimate of drug-likeness (QED) is 0.638. The summed E-state index contributed by atoms with van der Waals surface area (Å²) in [7, 11) is 0. The lowest BCUT2D eigenvalue weighted by Gasteiger charge is -1.97. The molecule has 7 heteroatoms. The van der Waals surface area contributed by atoms with Crippen LogP contribution < -0.4 is 17.0 Å². The van der Waals surface area contributed by atoms with Crippen molar-refractivity contribution < 1.29 is 14.0 Å². The highest BCUT2D eigenvalue weighted by atomic mass is 16.5. The molecule has 7 nitrogen and oxygen atoms in total. The molecule has 98 valence electrons. The van der Waals surface area contributed by atoms with Gasteiger partial charge in [-0.05, 0) is 25.1 Å². The van der Waals surface area contributed by atoms with E-state index in [1.165, 1.54) is 6.07 Å². The van der Waals surface area contributed by atoms with Crippen molar-refractivity contribution >= 4 is 16.6 Å². The molecule has 1 aromatic carbocycles. The van der Waals surface area contributed by atoms with Gasteiger partial charge in [0.15, 0.2) is 0 Å². The molecule has 0 radical (unpaired) electrons. The number of nitrogens with zero attached hydrogens (tertiary/aromatic N) is 1. The van der Waals surface area contributed by atoms with Crippen LogP contribution in [0.3, 0.4) is 0 Å². The first-order chi connectivity index (χ1) is 9.13. The number of benzene rings is 1.